The van der Waals surface area contributed by atoms with Crippen molar-refractivity contribution in [3.63, 3.8) is 0 Å². The van der Waals surface area contributed by atoms with Crippen molar-refractivity contribution in [2.24, 2.45) is 5.73 Å². The second-order valence-electron chi connectivity index (χ2n) is 6.58. The van der Waals surface area contributed by atoms with Gasteiger partial charge in [0.2, 0.25) is 0 Å². The first-order valence-corrected chi connectivity index (χ1v) is 11.3. The van der Waals surface area contributed by atoms with E-state index in [-0.39, 0.29) is 5.97 Å². The van der Waals surface area contributed by atoms with Gasteiger partial charge in [0.05, 0.1) is 6.61 Å². The number of alkyl halides is 3. The Balaban J connectivity index is 0.000000697. The van der Waals surface area contributed by atoms with Gasteiger partial charge in [-0.2, -0.15) is 13.2 Å². The molecule has 25 heavy (non-hydrogen) atoms. The van der Waals surface area contributed by atoms with Gasteiger partial charge in [0.15, 0.2) is 0 Å². The molecule has 0 fully saturated rings. The lowest BCUT2D eigenvalue weighted by Crippen LogP contribution is -2.35. The Kier molecular flexibility index (Phi) is 9.43. The highest BCUT2D eigenvalue weighted by molar-refractivity contribution is 6.76. The third-order valence-electron chi connectivity index (χ3n) is 2.94. The van der Waals surface area contributed by atoms with Gasteiger partial charge in [-0.1, -0.05) is 50.0 Å². The van der Waals surface area contributed by atoms with Gasteiger partial charge in [-0.3, -0.25) is 4.79 Å². The number of carbonyl (C=O) groups is 2. The van der Waals surface area contributed by atoms with E-state index in [1.54, 1.807) is 0 Å². The number of aliphatic carboxylic acids is 1. The molecule has 0 aliphatic carbocycles. The van der Waals surface area contributed by atoms with Crippen molar-refractivity contribution >= 4 is 20.0 Å². The first kappa shape index (κ1) is 23.1. The Morgan fingerprint density at radius 1 is 1.20 bits per heavy atom. The van der Waals surface area contributed by atoms with Crippen LogP contribution in [0, 0.1) is 0 Å². The van der Waals surface area contributed by atoms with Crippen LogP contribution in [0.5, 0.6) is 0 Å². The molecule has 0 amide bonds. The van der Waals surface area contributed by atoms with E-state index in [1.807, 2.05) is 30.3 Å². The molecule has 1 rings (SSSR count). The van der Waals surface area contributed by atoms with E-state index >= 15 is 0 Å². The number of ether oxygens (including phenoxy) is 1. The van der Waals surface area contributed by atoms with E-state index < -0.39 is 26.3 Å². The minimum Gasteiger partial charge on any atom is -0.475 e. The highest BCUT2D eigenvalue weighted by Crippen LogP contribution is 2.13. The molecule has 142 valence electrons. The predicted octanol–water partition coefficient (Wildman–Crippen LogP) is 3.07. The first-order valence-electron chi connectivity index (χ1n) is 7.59. The van der Waals surface area contributed by atoms with Crippen molar-refractivity contribution in [1.29, 1.82) is 0 Å². The summed E-state index contributed by atoms with van der Waals surface area (Å²) in [6.07, 6.45) is -4.55. The molecule has 0 spiro atoms. The summed E-state index contributed by atoms with van der Waals surface area (Å²) in [5.74, 6) is -3.05. The number of benzene rings is 1. The van der Waals surface area contributed by atoms with Gasteiger partial charge >= 0.3 is 18.1 Å². The van der Waals surface area contributed by atoms with Crippen LogP contribution in [0.25, 0.3) is 0 Å². The standard InChI is InChI=1S/C14H23NO2Si.C2HF3O2/c1-18(2,3)10-9-17-14(16)13(15)11-12-7-5-4-6-8-12;3-2(4,5)1(6)7/h4-8,13H,9-11,15H2,1-3H3;(H,6,7)/t13-;/m0./s1. The molecule has 0 radical (unpaired) electrons. The Hall–Kier alpha value is -1.87. The fourth-order valence-electron chi connectivity index (χ4n) is 1.52. The number of rotatable bonds is 6. The summed E-state index contributed by atoms with van der Waals surface area (Å²) < 4.78 is 37.0. The largest absolute Gasteiger partial charge is 0.490 e. The van der Waals surface area contributed by atoms with Crippen molar-refractivity contribution < 1.29 is 32.6 Å². The molecule has 0 heterocycles. The molecule has 0 aromatic heterocycles. The first-order chi connectivity index (χ1) is 11.3. The molecule has 5 nitrogen and oxygen atoms in total. The lowest BCUT2D eigenvalue weighted by Gasteiger charge is -2.17. The molecule has 0 saturated heterocycles. The van der Waals surface area contributed by atoms with E-state index in [9.17, 15) is 18.0 Å². The molecule has 9 heteroatoms. The van der Waals surface area contributed by atoms with Crippen LogP contribution in [-0.4, -0.2) is 43.9 Å². The maximum absolute atomic E-state index is 11.7. The fraction of sp³-hybridized carbons (Fsp3) is 0.500. The summed E-state index contributed by atoms with van der Waals surface area (Å²) in [6, 6.07) is 10.2. The molecule has 3 N–H and O–H groups in total. The monoisotopic (exact) mass is 379 g/mol. The number of carboxylic acids is 1. The Morgan fingerprint density at radius 2 is 1.68 bits per heavy atom. The summed E-state index contributed by atoms with van der Waals surface area (Å²) in [6.45, 7) is 7.26. The Morgan fingerprint density at radius 3 is 2.08 bits per heavy atom. The minimum absolute atomic E-state index is 0.294. The van der Waals surface area contributed by atoms with Crippen molar-refractivity contribution in [1.82, 2.24) is 0 Å². The lowest BCUT2D eigenvalue weighted by molar-refractivity contribution is -0.192. The van der Waals surface area contributed by atoms with Crippen LogP contribution < -0.4 is 5.73 Å². The highest BCUT2D eigenvalue weighted by atomic mass is 28.3. The molecular formula is C16H24F3NO4Si. The molecule has 0 saturated carbocycles. The van der Waals surface area contributed by atoms with Crippen LogP contribution in [0.4, 0.5) is 13.2 Å². The van der Waals surface area contributed by atoms with Crippen molar-refractivity contribution in [3.05, 3.63) is 35.9 Å². The molecule has 0 bridgehead atoms. The number of hydrogen-bond acceptors (Lipinski definition) is 4. The minimum atomic E-state index is -5.08. The molecule has 0 aliphatic heterocycles. The second-order valence-corrected chi connectivity index (χ2v) is 12.2. The van der Waals surface area contributed by atoms with E-state index in [0.29, 0.717) is 13.0 Å². The second kappa shape index (κ2) is 10.2. The van der Waals surface area contributed by atoms with E-state index in [4.69, 9.17) is 20.4 Å². The third kappa shape index (κ3) is 12.2. The van der Waals surface area contributed by atoms with Gasteiger partial charge < -0.3 is 15.6 Å². The maximum Gasteiger partial charge on any atom is 0.490 e. The average Bonchev–Trinajstić information content (AvgIpc) is 2.46. The van der Waals surface area contributed by atoms with E-state index in [2.05, 4.69) is 19.6 Å². The SMILES string of the molecule is C[Si](C)(C)CCOC(=O)[C@@H](N)Cc1ccccc1.O=C(O)C(F)(F)F. The van der Waals surface area contributed by atoms with Crippen LogP contribution >= 0.6 is 0 Å². The number of halogens is 3. The summed E-state index contributed by atoms with van der Waals surface area (Å²) in [4.78, 5) is 20.6. The maximum atomic E-state index is 11.7. The zero-order chi connectivity index (χ0) is 19.7. The number of esters is 1. The predicted molar refractivity (Wildman–Crippen MR) is 90.9 cm³/mol. The van der Waals surface area contributed by atoms with Gasteiger partial charge in [0, 0.05) is 8.07 Å². The van der Waals surface area contributed by atoms with Crippen LogP contribution in [0.15, 0.2) is 30.3 Å². The van der Waals surface area contributed by atoms with Crippen molar-refractivity contribution in [2.75, 3.05) is 6.61 Å². The van der Waals surface area contributed by atoms with Gasteiger partial charge in [-0.05, 0) is 18.0 Å². The van der Waals surface area contributed by atoms with Crippen molar-refractivity contribution in [3.8, 4) is 0 Å². The quantitative estimate of drug-likeness (QED) is 0.586. The fourth-order valence-corrected chi connectivity index (χ4v) is 2.23. The molecule has 1 aromatic rings. The lowest BCUT2D eigenvalue weighted by atomic mass is 10.1. The molecular weight excluding hydrogens is 355 g/mol. The van der Waals surface area contributed by atoms with Crippen LogP contribution in [0.3, 0.4) is 0 Å². The smallest absolute Gasteiger partial charge is 0.475 e. The summed E-state index contributed by atoms with van der Waals surface area (Å²) in [5.41, 5.74) is 6.90. The number of carbonyl (C=O) groups excluding carboxylic acids is 1. The molecule has 0 aliphatic rings. The van der Waals surface area contributed by atoms with E-state index in [0.717, 1.165) is 11.6 Å². The average molecular weight is 379 g/mol. The molecule has 1 aromatic carbocycles. The number of hydrogen-bond donors (Lipinski definition) is 2. The third-order valence-corrected chi connectivity index (χ3v) is 4.64. The summed E-state index contributed by atoms with van der Waals surface area (Å²) in [7, 11) is -1.15. The molecule has 1 atom stereocenters. The highest BCUT2D eigenvalue weighted by Gasteiger charge is 2.38. The van der Waals surface area contributed by atoms with Crippen molar-refractivity contribution in [2.45, 2.75) is 44.3 Å². The van der Waals surface area contributed by atoms with Crippen LogP contribution in [-0.2, 0) is 20.7 Å². The zero-order valence-electron chi connectivity index (χ0n) is 14.5. The number of nitrogens with two attached hydrogens (primary N) is 1. The number of carboxylic acid groups (broad SMARTS) is 1. The Bertz CT molecular complexity index is 545. The van der Waals surface area contributed by atoms with Gasteiger partial charge in [0.1, 0.15) is 6.04 Å². The normalized spacial score (nSPS) is 12.6. The zero-order valence-corrected chi connectivity index (χ0v) is 15.5. The van der Waals surface area contributed by atoms with Crippen LogP contribution in [0.1, 0.15) is 5.56 Å². The Labute approximate surface area is 146 Å². The van der Waals surface area contributed by atoms with Crippen LogP contribution in [0.2, 0.25) is 25.7 Å². The summed E-state index contributed by atoms with van der Waals surface area (Å²) >= 11 is 0. The van der Waals surface area contributed by atoms with Gasteiger partial charge in [0.25, 0.3) is 0 Å². The van der Waals surface area contributed by atoms with E-state index in [1.165, 1.54) is 0 Å². The summed E-state index contributed by atoms with van der Waals surface area (Å²) in [5, 5.41) is 7.12. The van der Waals surface area contributed by atoms with Gasteiger partial charge in [-0.15, -0.1) is 0 Å². The topological polar surface area (TPSA) is 89.6 Å². The molecule has 0 unspecified atom stereocenters. The van der Waals surface area contributed by atoms with Gasteiger partial charge in [-0.25, -0.2) is 4.79 Å².